The van der Waals surface area contributed by atoms with E-state index in [2.05, 4.69) is 5.10 Å². The van der Waals surface area contributed by atoms with E-state index in [1.807, 2.05) is 0 Å². The van der Waals surface area contributed by atoms with E-state index in [0.29, 0.717) is 17.0 Å². The van der Waals surface area contributed by atoms with Crippen molar-refractivity contribution in [2.75, 3.05) is 11.4 Å². The molecule has 1 aromatic carbocycles. The number of carbonyl (C=O) groups is 3. The van der Waals surface area contributed by atoms with Crippen molar-refractivity contribution in [1.29, 1.82) is 0 Å². The van der Waals surface area contributed by atoms with Crippen molar-refractivity contribution in [2.24, 2.45) is 11.0 Å². The van der Waals surface area contributed by atoms with Gasteiger partial charge in [0.1, 0.15) is 6.54 Å². The van der Waals surface area contributed by atoms with Crippen molar-refractivity contribution in [3.05, 3.63) is 29.8 Å². The summed E-state index contributed by atoms with van der Waals surface area (Å²) in [6, 6.07) is 6.04. The number of nitrogens with zero attached hydrogens (tertiary/aromatic N) is 3. The number of hydrogen-bond acceptors (Lipinski definition) is 4. The van der Waals surface area contributed by atoms with E-state index in [4.69, 9.17) is 16.7 Å². The highest BCUT2D eigenvalue weighted by molar-refractivity contribution is 6.68. The highest BCUT2D eigenvalue weighted by Gasteiger charge is 2.36. The molecule has 3 rings (SSSR count). The molecule has 1 N–H and O–H groups in total. The van der Waals surface area contributed by atoms with Crippen LogP contribution in [-0.2, 0) is 4.79 Å². The van der Waals surface area contributed by atoms with Gasteiger partial charge in [-0.2, -0.15) is 5.10 Å². The molecule has 1 aliphatic heterocycles. The van der Waals surface area contributed by atoms with E-state index >= 15 is 0 Å². The molecule has 0 saturated heterocycles. The summed E-state index contributed by atoms with van der Waals surface area (Å²) in [5.41, 5.74) is 1.62. The fourth-order valence-corrected chi connectivity index (χ4v) is 3.57. The van der Waals surface area contributed by atoms with Gasteiger partial charge in [0.25, 0.3) is 0 Å². The summed E-state index contributed by atoms with van der Waals surface area (Å²) < 4.78 is 0. The van der Waals surface area contributed by atoms with Crippen molar-refractivity contribution in [3.63, 3.8) is 0 Å². The minimum Gasteiger partial charge on any atom is -0.480 e. The third-order valence-corrected chi connectivity index (χ3v) is 4.68. The molecule has 1 aliphatic carbocycles. The molecule has 0 unspecified atom stereocenters. The molecule has 1 aromatic rings. The van der Waals surface area contributed by atoms with Crippen molar-refractivity contribution < 1.29 is 19.5 Å². The third-order valence-electron chi connectivity index (χ3n) is 4.51. The van der Waals surface area contributed by atoms with Crippen LogP contribution in [0.2, 0.25) is 0 Å². The van der Waals surface area contributed by atoms with Gasteiger partial charge in [-0.05, 0) is 30.5 Å². The first-order valence-electron chi connectivity index (χ1n) is 8.20. The minimum atomic E-state index is -1.21. The summed E-state index contributed by atoms with van der Waals surface area (Å²) in [6.07, 6.45) is 5.08. The van der Waals surface area contributed by atoms with Crippen molar-refractivity contribution in [3.8, 4) is 0 Å². The second-order valence-electron chi connectivity index (χ2n) is 6.16. The van der Waals surface area contributed by atoms with Crippen LogP contribution >= 0.6 is 11.6 Å². The van der Waals surface area contributed by atoms with Crippen LogP contribution in [0.4, 0.5) is 15.3 Å². The van der Waals surface area contributed by atoms with Gasteiger partial charge in [0, 0.05) is 11.5 Å². The lowest BCUT2D eigenvalue weighted by atomic mass is 9.83. The van der Waals surface area contributed by atoms with Crippen LogP contribution in [0.25, 0.3) is 0 Å². The molecule has 8 heteroatoms. The van der Waals surface area contributed by atoms with E-state index in [-0.39, 0.29) is 5.92 Å². The largest absolute Gasteiger partial charge is 0.480 e. The Morgan fingerprint density at radius 3 is 2.52 bits per heavy atom. The highest BCUT2D eigenvalue weighted by atomic mass is 35.5. The van der Waals surface area contributed by atoms with Crippen LogP contribution in [0.15, 0.2) is 29.4 Å². The van der Waals surface area contributed by atoms with E-state index in [0.717, 1.165) is 42.0 Å². The standard InChI is InChI=1S/C17H18ClN3O4/c18-16(24)21-13-9-5-4-8-12(13)15(11-6-2-1-3-7-11)19-20(17(21)25)10-14(22)23/h4-5,8-9,11H,1-3,6-7,10H2,(H,22,23). The predicted octanol–water partition coefficient (Wildman–Crippen LogP) is 3.66. The number of carboxylic acid groups (broad SMARTS) is 1. The van der Waals surface area contributed by atoms with Crippen molar-refractivity contribution >= 4 is 40.4 Å². The van der Waals surface area contributed by atoms with Crippen LogP contribution in [0.1, 0.15) is 37.7 Å². The normalized spacial score (nSPS) is 18.4. The van der Waals surface area contributed by atoms with Crippen LogP contribution in [-0.4, -0.2) is 39.7 Å². The van der Waals surface area contributed by atoms with Gasteiger partial charge in [-0.3, -0.25) is 9.59 Å². The number of carbonyl (C=O) groups excluding carboxylic acids is 2. The molecule has 132 valence electrons. The second-order valence-corrected chi connectivity index (χ2v) is 6.48. The summed E-state index contributed by atoms with van der Waals surface area (Å²) in [6.45, 7) is -0.635. The Balaban J connectivity index is 2.14. The predicted molar refractivity (Wildman–Crippen MR) is 93.0 cm³/mol. The maximum Gasteiger partial charge on any atom is 0.353 e. The first-order chi connectivity index (χ1) is 12.0. The fourth-order valence-electron chi connectivity index (χ4n) is 3.41. The number of para-hydroxylation sites is 1. The van der Waals surface area contributed by atoms with Gasteiger partial charge in [-0.1, -0.05) is 37.5 Å². The van der Waals surface area contributed by atoms with Crippen molar-refractivity contribution in [1.82, 2.24) is 5.01 Å². The lowest BCUT2D eigenvalue weighted by molar-refractivity contribution is -0.137. The Morgan fingerprint density at radius 2 is 1.88 bits per heavy atom. The van der Waals surface area contributed by atoms with Gasteiger partial charge < -0.3 is 5.11 Å². The molecule has 1 heterocycles. The summed E-state index contributed by atoms with van der Waals surface area (Å²) in [4.78, 5) is 36.5. The third kappa shape index (κ3) is 3.51. The molecule has 0 radical (unpaired) electrons. The van der Waals surface area contributed by atoms with Crippen LogP contribution in [0.3, 0.4) is 0 Å². The van der Waals surface area contributed by atoms with Crippen LogP contribution in [0, 0.1) is 5.92 Å². The maximum absolute atomic E-state index is 12.7. The number of aliphatic carboxylic acids is 1. The number of benzene rings is 1. The molecule has 3 amide bonds. The molecule has 0 bridgehead atoms. The Hall–Kier alpha value is -2.41. The molecule has 0 aromatic heterocycles. The molecular weight excluding hydrogens is 346 g/mol. The van der Waals surface area contributed by atoms with Gasteiger partial charge >= 0.3 is 17.4 Å². The fraction of sp³-hybridized carbons (Fsp3) is 0.412. The van der Waals surface area contributed by atoms with Crippen LogP contribution in [0.5, 0.6) is 0 Å². The average Bonchev–Trinajstić information content (AvgIpc) is 2.70. The molecule has 1 fully saturated rings. The van der Waals surface area contributed by atoms with E-state index < -0.39 is 23.9 Å². The van der Waals surface area contributed by atoms with Crippen molar-refractivity contribution in [2.45, 2.75) is 32.1 Å². The molecule has 2 aliphatic rings. The summed E-state index contributed by atoms with van der Waals surface area (Å²) in [5, 5.41) is 13.3. The number of fused-ring (bicyclic) bond motifs is 1. The zero-order valence-corrected chi connectivity index (χ0v) is 14.3. The number of imide groups is 1. The quantitative estimate of drug-likeness (QED) is 0.655. The topological polar surface area (TPSA) is 90.3 Å². The van der Waals surface area contributed by atoms with Gasteiger partial charge in [-0.25, -0.2) is 14.7 Å². The summed E-state index contributed by atoms with van der Waals surface area (Å²) in [7, 11) is 0. The number of anilines is 1. The van der Waals surface area contributed by atoms with E-state index in [1.54, 1.807) is 24.3 Å². The Kier molecular flexibility index (Phi) is 5.03. The van der Waals surface area contributed by atoms with Gasteiger partial charge in [0.2, 0.25) is 0 Å². The smallest absolute Gasteiger partial charge is 0.353 e. The Labute approximate surface area is 149 Å². The lowest BCUT2D eigenvalue weighted by Crippen LogP contribution is -2.43. The average molecular weight is 364 g/mol. The Bertz CT molecular complexity index is 743. The SMILES string of the molecule is O=C(O)CN1N=C(C2CCCCC2)c2ccccc2N(C(=O)Cl)C1=O. The number of amides is 3. The molecule has 1 saturated carbocycles. The lowest BCUT2D eigenvalue weighted by Gasteiger charge is -2.24. The number of carboxylic acids is 1. The first-order valence-corrected chi connectivity index (χ1v) is 8.57. The van der Waals surface area contributed by atoms with E-state index in [9.17, 15) is 14.4 Å². The van der Waals surface area contributed by atoms with E-state index in [1.165, 1.54) is 0 Å². The number of hydrazone groups is 1. The van der Waals surface area contributed by atoms with Gasteiger partial charge in [-0.15, -0.1) is 0 Å². The molecule has 0 atom stereocenters. The number of hydrogen-bond donors (Lipinski definition) is 1. The monoisotopic (exact) mass is 363 g/mol. The number of rotatable bonds is 3. The van der Waals surface area contributed by atoms with Gasteiger partial charge in [0.05, 0.1) is 11.4 Å². The molecule has 7 nitrogen and oxygen atoms in total. The molecule has 0 spiro atoms. The number of halogens is 1. The second kappa shape index (κ2) is 7.23. The molecule has 25 heavy (non-hydrogen) atoms. The summed E-state index contributed by atoms with van der Waals surface area (Å²) in [5.74, 6) is -1.10. The zero-order valence-electron chi connectivity index (χ0n) is 13.5. The minimum absolute atomic E-state index is 0.115. The highest BCUT2D eigenvalue weighted by Crippen LogP contribution is 2.34. The first kappa shape index (κ1) is 17.4. The number of urea groups is 1. The van der Waals surface area contributed by atoms with Crippen LogP contribution < -0.4 is 4.90 Å². The summed E-state index contributed by atoms with van der Waals surface area (Å²) >= 11 is 5.63. The molecular formula is C17H18ClN3O4. The van der Waals surface area contributed by atoms with Gasteiger partial charge in [0.15, 0.2) is 0 Å². The maximum atomic E-state index is 12.7. The zero-order chi connectivity index (χ0) is 18.0. The Morgan fingerprint density at radius 1 is 1.20 bits per heavy atom.